The van der Waals surface area contributed by atoms with E-state index in [2.05, 4.69) is 158 Å². The summed E-state index contributed by atoms with van der Waals surface area (Å²) in [6.07, 6.45) is 11.9. The number of benzene rings is 4. The van der Waals surface area contributed by atoms with E-state index in [1.54, 1.807) is 0 Å². The first kappa shape index (κ1) is 47.2. The molecule has 0 saturated heterocycles. The number of fused-ring (bicyclic) bond motifs is 8. The molecule has 2 aliphatic heterocycles. The van der Waals surface area contributed by atoms with Crippen LogP contribution >= 0.6 is 50.5 Å². The molecule has 0 amide bonds. The number of nitrogens with zero attached hydrogens (tertiary/aromatic N) is 2. The van der Waals surface area contributed by atoms with Gasteiger partial charge in [-0.1, -0.05) is 48.5 Å². The van der Waals surface area contributed by atoms with Crippen LogP contribution in [0.3, 0.4) is 0 Å². The first-order chi connectivity index (χ1) is 33.5. The molecule has 4 aromatic carbocycles. The zero-order chi connectivity index (χ0) is 46.7. The summed E-state index contributed by atoms with van der Waals surface area (Å²) in [5.41, 5.74) is 14.7. The van der Waals surface area contributed by atoms with Gasteiger partial charge in [-0.15, -0.1) is 0 Å². The number of thiol groups is 4. The molecule has 9 rings (SSSR count). The Morgan fingerprint density at radius 1 is 0.309 bits per heavy atom. The van der Waals surface area contributed by atoms with Gasteiger partial charge in [0.15, 0.2) is 0 Å². The van der Waals surface area contributed by atoms with Crippen molar-refractivity contribution in [3.63, 3.8) is 0 Å². The molecule has 0 unspecified atom stereocenters. The Hall–Kier alpha value is -5.92. The van der Waals surface area contributed by atoms with Crippen LogP contribution in [0.1, 0.15) is 48.5 Å². The first-order valence-electron chi connectivity index (χ1n) is 23.1. The first-order valence-corrected chi connectivity index (χ1v) is 25.6. The molecule has 7 aromatic rings. The molecular weight excluding hydrogens is 921 g/mol. The second kappa shape index (κ2) is 22.9. The van der Waals surface area contributed by atoms with Crippen LogP contribution in [0, 0.1) is 0 Å². The lowest BCUT2D eigenvalue weighted by Crippen LogP contribution is -1.97. The van der Waals surface area contributed by atoms with E-state index in [-0.39, 0.29) is 0 Å². The van der Waals surface area contributed by atoms with Crippen molar-refractivity contribution in [3.8, 4) is 67.5 Å². The second-order valence-electron chi connectivity index (χ2n) is 16.3. The summed E-state index contributed by atoms with van der Waals surface area (Å²) in [6.45, 7) is 2.41. The number of hydrogen-bond acceptors (Lipinski definition) is 10. The van der Waals surface area contributed by atoms with E-state index >= 15 is 0 Å². The van der Waals surface area contributed by atoms with Crippen molar-refractivity contribution >= 4 is 96.9 Å². The molecule has 2 N–H and O–H groups in total. The molecule has 3 aromatic heterocycles. The fourth-order valence-corrected chi connectivity index (χ4v) is 8.83. The lowest BCUT2D eigenvalue weighted by atomic mass is 10.0. The minimum Gasteiger partial charge on any atom is -0.494 e. The molecule has 68 heavy (non-hydrogen) atoms. The summed E-state index contributed by atoms with van der Waals surface area (Å²) >= 11 is 17.5. The average molecular weight is 975 g/mol. The fraction of sp³-hybridized carbons (Fsp3) is 0.214. The standard InChI is InChI=1S/C56H54N4O4S4/c65-33-1-29-61-41-13-5-37(6-14-41)53-45-21-23-47(57-45)54(38-7-15-42(16-8-38)62-30-2-34-66)49-25-27-51(59-49)56(40-11-19-44(20-12-40)64-32-4-36-68)52-28-26-50(60-52)55(48-24-22-46(53)58-48)39-9-17-43(18-10-39)63-31-3-35-67/h5-28,57,60,65-68H,1-4,29-36H2. The molecule has 8 bridgehead atoms. The van der Waals surface area contributed by atoms with Crippen molar-refractivity contribution in [3.05, 3.63) is 144 Å². The Labute approximate surface area is 419 Å². The zero-order valence-electron chi connectivity index (χ0n) is 37.7. The Kier molecular flexibility index (Phi) is 15.9. The topological polar surface area (TPSA) is 94.3 Å². The minimum atomic E-state index is 0.603. The SMILES string of the molecule is SCCCOc1ccc(-c2c3nc(c(-c4ccc(OCCCS)cc4)c4ccc([nH]4)c(-c4ccc(OCCCS)cc4)c4nc(c(-c5ccc(OCCCS)cc5)c5ccc2[nH]5)C=C4)C=C3)cc1. The average Bonchev–Trinajstić information content (AvgIpc) is 4.23. The van der Waals surface area contributed by atoms with E-state index in [0.29, 0.717) is 26.4 Å². The third kappa shape index (κ3) is 11.0. The number of H-pyrrole nitrogens is 2. The third-order valence-corrected chi connectivity index (χ3v) is 12.9. The van der Waals surface area contributed by atoms with Gasteiger partial charge in [0.05, 0.1) is 49.2 Å². The highest BCUT2D eigenvalue weighted by molar-refractivity contribution is 7.80. The summed E-state index contributed by atoms with van der Waals surface area (Å²) in [6, 6.07) is 41.6. The van der Waals surface area contributed by atoms with E-state index in [4.69, 9.17) is 28.9 Å². The molecule has 346 valence electrons. The number of rotatable bonds is 20. The molecule has 5 heterocycles. The zero-order valence-corrected chi connectivity index (χ0v) is 41.2. The molecule has 0 atom stereocenters. The van der Waals surface area contributed by atoms with Gasteiger partial charge in [-0.2, -0.15) is 50.5 Å². The molecule has 0 aliphatic carbocycles. The quantitative estimate of drug-likeness (QED) is 0.0337. The van der Waals surface area contributed by atoms with Crippen LogP contribution < -0.4 is 18.9 Å². The molecule has 0 radical (unpaired) electrons. The molecule has 0 fully saturated rings. The second-order valence-corrected chi connectivity index (χ2v) is 18.1. The van der Waals surface area contributed by atoms with Crippen LogP contribution in [0.15, 0.2) is 121 Å². The van der Waals surface area contributed by atoms with Gasteiger partial charge in [-0.3, -0.25) is 0 Å². The smallest absolute Gasteiger partial charge is 0.119 e. The highest BCUT2D eigenvalue weighted by Crippen LogP contribution is 2.39. The molecule has 12 heteroatoms. The van der Waals surface area contributed by atoms with Gasteiger partial charge in [0.1, 0.15) is 23.0 Å². The predicted molar refractivity (Wildman–Crippen MR) is 296 cm³/mol. The van der Waals surface area contributed by atoms with E-state index in [1.165, 1.54) is 0 Å². The summed E-state index contributed by atoms with van der Waals surface area (Å²) in [7, 11) is 0. The molecule has 2 aliphatic rings. The van der Waals surface area contributed by atoms with Gasteiger partial charge in [0, 0.05) is 44.3 Å². The normalized spacial score (nSPS) is 11.8. The summed E-state index contributed by atoms with van der Waals surface area (Å²) in [5, 5.41) is 0. The molecule has 8 nitrogen and oxygen atoms in total. The van der Waals surface area contributed by atoms with Crippen LogP contribution in [-0.2, 0) is 0 Å². The van der Waals surface area contributed by atoms with Crippen molar-refractivity contribution in [1.82, 2.24) is 19.9 Å². The number of aromatic nitrogens is 4. The molecule has 0 spiro atoms. The summed E-state index contributed by atoms with van der Waals surface area (Å²) in [4.78, 5) is 18.7. The van der Waals surface area contributed by atoms with Gasteiger partial charge in [0.2, 0.25) is 0 Å². The number of aromatic amines is 2. The maximum atomic E-state index is 6.06. The monoisotopic (exact) mass is 974 g/mol. The Bertz CT molecular complexity index is 2650. The van der Waals surface area contributed by atoms with Gasteiger partial charge >= 0.3 is 0 Å². The van der Waals surface area contributed by atoms with Gasteiger partial charge in [0.25, 0.3) is 0 Å². The number of nitrogens with one attached hydrogen (secondary N) is 2. The fourth-order valence-electron chi connectivity index (χ4n) is 8.31. The van der Waals surface area contributed by atoms with E-state index in [0.717, 1.165) is 161 Å². The van der Waals surface area contributed by atoms with E-state index < -0.39 is 0 Å². The summed E-state index contributed by atoms with van der Waals surface area (Å²) < 4.78 is 24.2. The van der Waals surface area contributed by atoms with Crippen LogP contribution in [0.5, 0.6) is 23.0 Å². The Morgan fingerprint density at radius 2 is 0.529 bits per heavy atom. The Morgan fingerprint density at radius 3 is 0.735 bits per heavy atom. The Balaban J connectivity index is 1.31. The third-order valence-electron chi connectivity index (χ3n) is 11.6. The number of hydrogen-bond donors (Lipinski definition) is 6. The van der Waals surface area contributed by atoms with E-state index in [9.17, 15) is 0 Å². The lowest BCUT2D eigenvalue weighted by molar-refractivity contribution is 0.319. The van der Waals surface area contributed by atoms with Crippen molar-refractivity contribution in [2.45, 2.75) is 25.7 Å². The highest BCUT2D eigenvalue weighted by atomic mass is 32.1. The maximum absolute atomic E-state index is 6.06. The van der Waals surface area contributed by atoms with E-state index in [1.807, 2.05) is 48.5 Å². The number of ether oxygens (including phenoxy) is 4. The predicted octanol–water partition coefficient (Wildman–Crippen LogP) is 14.1. The van der Waals surface area contributed by atoms with Gasteiger partial charge in [-0.25, -0.2) is 9.97 Å². The van der Waals surface area contributed by atoms with Gasteiger partial charge in [-0.05, 0) is 168 Å². The highest BCUT2D eigenvalue weighted by Gasteiger charge is 2.20. The lowest BCUT2D eigenvalue weighted by Gasteiger charge is -2.10. The van der Waals surface area contributed by atoms with Crippen molar-refractivity contribution in [2.75, 3.05) is 49.4 Å². The summed E-state index contributed by atoms with van der Waals surface area (Å²) in [5.74, 6) is 6.29. The van der Waals surface area contributed by atoms with Crippen LogP contribution in [-0.4, -0.2) is 69.4 Å². The minimum absolute atomic E-state index is 0.603. The van der Waals surface area contributed by atoms with Crippen LogP contribution in [0.2, 0.25) is 0 Å². The molecular formula is C56H54N4O4S4. The van der Waals surface area contributed by atoms with Crippen molar-refractivity contribution < 1.29 is 18.9 Å². The maximum Gasteiger partial charge on any atom is 0.119 e. The molecule has 0 saturated carbocycles. The van der Waals surface area contributed by atoms with Crippen molar-refractivity contribution in [1.29, 1.82) is 0 Å². The van der Waals surface area contributed by atoms with Crippen LogP contribution in [0.25, 0.3) is 90.9 Å². The van der Waals surface area contributed by atoms with Crippen molar-refractivity contribution in [2.24, 2.45) is 0 Å². The van der Waals surface area contributed by atoms with Crippen LogP contribution in [0.4, 0.5) is 0 Å². The van der Waals surface area contributed by atoms with Gasteiger partial charge < -0.3 is 28.9 Å². The largest absolute Gasteiger partial charge is 0.494 e.